The van der Waals surface area contributed by atoms with E-state index in [2.05, 4.69) is 11.8 Å². The van der Waals surface area contributed by atoms with Crippen molar-refractivity contribution in [3.8, 4) is 0 Å². The molecule has 5 heteroatoms. The lowest BCUT2D eigenvalue weighted by molar-refractivity contribution is 0.0609. The second-order valence-corrected chi connectivity index (χ2v) is 5.62. The fraction of sp³-hybridized carbons (Fsp3) is 0.467. The predicted octanol–water partition coefficient (Wildman–Crippen LogP) is 1.35. The van der Waals surface area contributed by atoms with Crippen molar-refractivity contribution in [3.05, 3.63) is 29.3 Å². The van der Waals surface area contributed by atoms with Gasteiger partial charge in [-0.2, -0.15) is 0 Å². The Kier molecular flexibility index (Phi) is 3.22. The molecule has 106 valence electrons. The van der Waals surface area contributed by atoms with Crippen LogP contribution in [0.15, 0.2) is 18.2 Å². The molecule has 20 heavy (non-hydrogen) atoms. The van der Waals surface area contributed by atoms with Gasteiger partial charge in [0.2, 0.25) is 0 Å². The van der Waals surface area contributed by atoms with Crippen LogP contribution in [-0.2, 0) is 0 Å². The van der Waals surface area contributed by atoms with Crippen LogP contribution in [-0.4, -0.2) is 47.3 Å². The van der Waals surface area contributed by atoms with Crippen molar-refractivity contribution in [3.63, 3.8) is 0 Å². The van der Waals surface area contributed by atoms with Crippen LogP contribution in [0.5, 0.6) is 0 Å². The van der Waals surface area contributed by atoms with E-state index in [1.165, 1.54) is 17.7 Å². The van der Waals surface area contributed by atoms with Crippen molar-refractivity contribution in [2.45, 2.75) is 25.8 Å². The number of likely N-dealkylation sites (tertiary alicyclic amines) is 1. The highest BCUT2D eigenvalue weighted by Crippen LogP contribution is 2.25. The Bertz CT molecular complexity index is 564. The normalized spacial score (nSPS) is 20.6. The maximum absolute atomic E-state index is 12.3. The number of imide groups is 1. The third kappa shape index (κ3) is 2.08. The first-order chi connectivity index (χ1) is 9.58. The first kappa shape index (κ1) is 13.1. The van der Waals surface area contributed by atoms with E-state index >= 15 is 0 Å². The van der Waals surface area contributed by atoms with Crippen LogP contribution in [0.25, 0.3) is 0 Å². The molecule has 0 spiro atoms. The van der Waals surface area contributed by atoms with Crippen molar-refractivity contribution >= 4 is 17.5 Å². The molecule has 2 heterocycles. The Labute approximate surface area is 118 Å². The van der Waals surface area contributed by atoms with E-state index in [9.17, 15) is 9.59 Å². The Hall–Kier alpha value is -1.88. The van der Waals surface area contributed by atoms with Gasteiger partial charge in [-0.25, -0.2) is 0 Å². The summed E-state index contributed by atoms with van der Waals surface area (Å²) in [5.74, 6) is -0.417. The van der Waals surface area contributed by atoms with Gasteiger partial charge in [-0.1, -0.05) is 0 Å². The van der Waals surface area contributed by atoms with E-state index in [-0.39, 0.29) is 17.9 Å². The number of carbonyl (C=O) groups excluding carboxylic acids is 2. The number of carbonyl (C=O) groups is 2. The van der Waals surface area contributed by atoms with Gasteiger partial charge < -0.3 is 5.73 Å². The summed E-state index contributed by atoms with van der Waals surface area (Å²) < 4.78 is 0. The topological polar surface area (TPSA) is 66.6 Å². The number of amides is 2. The molecule has 2 aliphatic rings. The minimum atomic E-state index is -0.219. The van der Waals surface area contributed by atoms with E-state index in [1.807, 2.05) is 0 Å². The molecule has 1 fully saturated rings. The van der Waals surface area contributed by atoms with Crippen molar-refractivity contribution in [2.24, 2.45) is 0 Å². The highest BCUT2D eigenvalue weighted by Gasteiger charge is 2.37. The van der Waals surface area contributed by atoms with Crippen LogP contribution < -0.4 is 5.73 Å². The quantitative estimate of drug-likeness (QED) is 0.667. The molecule has 5 nitrogen and oxygen atoms in total. The van der Waals surface area contributed by atoms with E-state index < -0.39 is 0 Å². The Morgan fingerprint density at radius 2 is 1.80 bits per heavy atom. The lowest BCUT2D eigenvalue weighted by Crippen LogP contribution is -2.43. The molecule has 1 aromatic carbocycles. The molecular formula is C15H19N3O2. The lowest BCUT2D eigenvalue weighted by Gasteiger charge is -2.27. The minimum Gasteiger partial charge on any atom is -0.399 e. The van der Waals surface area contributed by atoms with Crippen molar-refractivity contribution in [1.82, 2.24) is 9.80 Å². The Balaban J connectivity index is 1.79. The summed E-state index contributed by atoms with van der Waals surface area (Å²) in [6.07, 6.45) is 2.39. The third-order valence-electron chi connectivity index (χ3n) is 4.21. The highest BCUT2D eigenvalue weighted by atomic mass is 16.2. The SMILES string of the molecule is CC(CN1C(=O)c2ccc(N)cc2C1=O)N1CCCC1. The van der Waals surface area contributed by atoms with Crippen molar-refractivity contribution in [2.75, 3.05) is 25.4 Å². The summed E-state index contributed by atoms with van der Waals surface area (Å²) in [7, 11) is 0. The standard InChI is InChI=1S/C15H19N3O2/c1-10(17-6-2-3-7-17)9-18-14(19)12-5-4-11(16)8-13(12)15(18)20/h4-5,8,10H,2-3,6-7,9,16H2,1H3. The molecule has 1 aromatic rings. The molecule has 2 N–H and O–H groups in total. The molecular weight excluding hydrogens is 254 g/mol. The molecule has 0 bridgehead atoms. The minimum absolute atomic E-state index is 0.198. The molecule has 1 unspecified atom stereocenters. The number of fused-ring (bicyclic) bond motifs is 1. The summed E-state index contributed by atoms with van der Waals surface area (Å²) in [5.41, 5.74) is 7.11. The van der Waals surface area contributed by atoms with Crippen molar-refractivity contribution in [1.29, 1.82) is 0 Å². The molecule has 1 atom stereocenters. The van der Waals surface area contributed by atoms with Gasteiger partial charge in [0.1, 0.15) is 0 Å². The average molecular weight is 273 g/mol. The van der Waals surface area contributed by atoms with Crippen LogP contribution in [0.1, 0.15) is 40.5 Å². The van der Waals surface area contributed by atoms with Gasteiger partial charge in [-0.3, -0.25) is 19.4 Å². The van der Waals surface area contributed by atoms with Gasteiger partial charge >= 0.3 is 0 Å². The summed E-state index contributed by atoms with van der Waals surface area (Å²) in [4.78, 5) is 28.3. The largest absolute Gasteiger partial charge is 0.399 e. The van der Waals surface area contributed by atoms with Crippen LogP contribution in [0.2, 0.25) is 0 Å². The van der Waals surface area contributed by atoms with Gasteiger partial charge in [-0.15, -0.1) is 0 Å². The molecule has 1 saturated heterocycles. The van der Waals surface area contributed by atoms with E-state index in [0.717, 1.165) is 13.1 Å². The molecule has 0 saturated carbocycles. The summed E-state index contributed by atoms with van der Waals surface area (Å²) in [6, 6.07) is 5.11. The smallest absolute Gasteiger partial charge is 0.261 e. The number of rotatable bonds is 3. The first-order valence-electron chi connectivity index (χ1n) is 7.07. The second kappa shape index (κ2) is 4.90. The maximum Gasteiger partial charge on any atom is 0.261 e. The zero-order valence-corrected chi connectivity index (χ0v) is 11.6. The van der Waals surface area contributed by atoms with Gasteiger partial charge in [0, 0.05) is 18.3 Å². The predicted molar refractivity (Wildman–Crippen MR) is 76.5 cm³/mol. The van der Waals surface area contributed by atoms with Crippen LogP contribution in [0.4, 0.5) is 5.69 Å². The maximum atomic E-state index is 12.3. The molecule has 0 aromatic heterocycles. The summed E-state index contributed by atoms with van der Waals surface area (Å²) in [5, 5.41) is 0. The number of nitrogens with two attached hydrogens (primary N) is 1. The lowest BCUT2D eigenvalue weighted by atomic mass is 10.1. The second-order valence-electron chi connectivity index (χ2n) is 5.62. The molecule has 2 amide bonds. The number of benzene rings is 1. The number of hydrogen-bond acceptors (Lipinski definition) is 4. The number of anilines is 1. The number of nitrogen functional groups attached to an aromatic ring is 1. The zero-order valence-electron chi connectivity index (χ0n) is 11.6. The Morgan fingerprint density at radius 3 is 2.50 bits per heavy atom. The number of hydrogen-bond donors (Lipinski definition) is 1. The van der Waals surface area contributed by atoms with E-state index in [4.69, 9.17) is 5.73 Å². The van der Waals surface area contributed by atoms with Gasteiger partial charge in [-0.05, 0) is 51.1 Å². The van der Waals surface area contributed by atoms with Crippen LogP contribution >= 0.6 is 0 Å². The number of nitrogens with zero attached hydrogens (tertiary/aromatic N) is 2. The fourth-order valence-corrected chi connectivity index (χ4v) is 3.04. The Morgan fingerprint density at radius 1 is 1.15 bits per heavy atom. The van der Waals surface area contributed by atoms with Crippen molar-refractivity contribution < 1.29 is 9.59 Å². The third-order valence-corrected chi connectivity index (χ3v) is 4.21. The summed E-state index contributed by atoms with van der Waals surface area (Å²) in [6.45, 7) is 4.63. The van der Waals surface area contributed by atoms with Gasteiger partial charge in [0.05, 0.1) is 11.1 Å². The van der Waals surface area contributed by atoms with Gasteiger partial charge in [0.25, 0.3) is 11.8 Å². The molecule has 0 aliphatic carbocycles. The molecule has 3 rings (SSSR count). The molecule has 2 aliphatic heterocycles. The van der Waals surface area contributed by atoms with Crippen LogP contribution in [0.3, 0.4) is 0 Å². The average Bonchev–Trinajstić information content (AvgIpc) is 3.03. The monoisotopic (exact) mass is 273 g/mol. The molecule has 0 radical (unpaired) electrons. The van der Waals surface area contributed by atoms with E-state index in [0.29, 0.717) is 23.4 Å². The van der Waals surface area contributed by atoms with Crippen LogP contribution in [0, 0.1) is 0 Å². The first-order valence-corrected chi connectivity index (χ1v) is 7.07. The fourth-order valence-electron chi connectivity index (χ4n) is 3.04. The highest BCUT2D eigenvalue weighted by molar-refractivity contribution is 6.21. The summed E-state index contributed by atoms with van der Waals surface area (Å²) >= 11 is 0. The van der Waals surface area contributed by atoms with Gasteiger partial charge in [0.15, 0.2) is 0 Å². The van der Waals surface area contributed by atoms with E-state index in [1.54, 1.807) is 18.2 Å². The zero-order chi connectivity index (χ0) is 14.3.